The summed E-state index contributed by atoms with van der Waals surface area (Å²) in [5.74, 6) is 0. The van der Waals surface area contributed by atoms with Gasteiger partial charge in [-0.2, -0.15) is 0 Å². The first-order valence-electron chi connectivity index (χ1n) is 6.23. The second-order valence-corrected chi connectivity index (χ2v) is 4.43. The van der Waals surface area contributed by atoms with Gasteiger partial charge in [-0.3, -0.25) is 0 Å². The van der Waals surface area contributed by atoms with Gasteiger partial charge in [-0.15, -0.1) is 0 Å². The van der Waals surface area contributed by atoms with Crippen molar-refractivity contribution in [3.05, 3.63) is 82.9 Å². The first kappa shape index (κ1) is 12.4. The zero-order valence-electron chi connectivity index (χ0n) is 10.9. The highest BCUT2D eigenvalue weighted by atomic mass is 14.0. The van der Waals surface area contributed by atoms with Gasteiger partial charge in [0.2, 0.25) is 0 Å². The van der Waals surface area contributed by atoms with Crippen molar-refractivity contribution in [2.24, 2.45) is 0 Å². The highest BCUT2D eigenvalue weighted by molar-refractivity contribution is 5.60. The molecular formula is C18H18. The SMILES string of the molecule is Cc1ccccc1C=CC=Cc1ccccc1C. The van der Waals surface area contributed by atoms with Crippen LogP contribution in [0.2, 0.25) is 0 Å². The van der Waals surface area contributed by atoms with Crippen LogP contribution in [-0.4, -0.2) is 0 Å². The van der Waals surface area contributed by atoms with E-state index in [2.05, 4.69) is 86.7 Å². The second-order valence-electron chi connectivity index (χ2n) is 4.43. The van der Waals surface area contributed by atoms with E-state index >= 15 is 0 Å². The monoisotopic (exact) mass is 234 g/mol. The van der Waals surface area contributed by atoms with Crippen LogP contribution in [-0.2, 0) is 0 Å². The molecule has 0 heterocycles. The van der Waals surface area contributed by atoms with Gasteiger partial charge in [-0.1, -0.05) is 72.8 Å². The van der Waals surface area contributed by atoms with Crippen LogP contribution in [0.3, 0.4) is 0 Å². The number of benzene rings is 2. The predicted molar refractivity (Wildman–Crippen MR) is 80.4 cm³/mol. The molecule has 0 saturated heterocycles. The Kier molecular flexibility index (Phi) is 4.14. The topological polar surface area (TPSA) is 0 Å². The number of rotatable bonds is 3. The normalized spacial score (nSPS) is 11.4. The van der Waals surface area contributed by atoms with Crippen LogP contribution < -0.4 is 0 Å². The molecule has 0 radical (unpaired) electrons. The first-order valence-corrected chi connectivity index (χ1v) is 6.23. The van der Waals surface area contributed by atoms with E-state index in [4.69, 9.17) is 0 Å². The average molecular weight is 234 g/mol. The van der Waals surface area contributed by atoms with Gasteiger partial charge in [0.15, 0.2) is 0 Å². The summed E-state index contributed by atoms with van der Waals surface area (Å²) in [6, 6.07) is 16.8. The van der Waals surface area contributed by atoms with Gasteiger partial charge >= 0.3 is 0 Å². The molecule has 0 N–H and O–H groups in total. The van der Waals surface area contributed by atoms with E-state index in [9.17, 15) is 0 Å². The maximum Gasteiger partial charge on any atom is -0.0227 e. The third-order valence-electron chi connectivity index (χ3n) is 3.04. The van der Waals surface area contributed by atoms with Crippen molar-refractivity contribution < 1.29 is 0 Å². The fraction of sp³-hybridized carbons (Fsp3) is 0.111. The summed E-state index contributed by atoms with van der Waals surface area (Å²) in [6.45, 7) is 4.26. The summed E-state index contributed by atoms with van der Waals surface area (Å²) < 4.78 is 0. The molecule has 0 aromatic heterocycles. The van der Waals surface area contributed by atoms with E-state index in [1.807, 2.05) is 0 Å². The van der Waals surface area contributed by atoms with Crippen LogP contribution in [0.1, 0.15) is 22.3 Å². The molecule has 0 unspecified atom stereocenters. The molecule has 90 valence electrons. The molecule has 0 atom stereocenters. The Morgan fingerprint density at radius 3 is 1.39 bits per heavy atom. The smallest absolute Gasteiger partial charge is 0.0227 e. The summed E-state index contributed by atoms with van der Waals surface area (Å²) in [7, 11) is 0. The van der Waals surface area contributed by atoms with E-state index in [1.54, 1.807) is 0 Å². The number of hydrogen-bond acceptors (Lipinski definition) is 0. The molecule has 2 aromatic carbocycles. The second kappa shape index (κ2) is 6.02. The minimum Gasteiger partial charge on any atom is -0.0620 e. The van der Waals surface area contributed by atoms with Gasteiger partial charge in [0, 0.05) is 0 Å². The Labute approximate surface area is 109 Å². The molecule has 0 bridgehead atoms. The molecular weight excluding hydrogens is 216 g/mol. The van der Waals surface area contributed by atoms with Gasteiger partial charge in [0.05, 0.1) is 0 Å². The molecule has 0 aliphatic carbocycles. The van der Waals surface area contributed by atoms with Crippen LogP contribution in [0.5, 0.6) is 0 Å². The van der Waals surface area contributed by atoms with Crippen molar-refractivity contribution in [3.63, 3.8) is 0 Å². The van der Waals surface area contributed by atoms with Gasteiger partial charge in [-0.25, -0.2) is 0 Å². The molecule has 0 nitrogen and oxygen atoms in total. The zero-order chi connectivity index (χ0) is 12.8. The van der Waals surface area contributed by atoms with E-state index in [0.717, 1.165) is 0 Å². The Balaban J connectivity index is 2.08. The summed E-state index contributed by atoms with van der Waals surface area (Å²) in [5, 5.41) is 0. The Bertz CT molecular complexity index is 521. The number of aryl methyl sites for hydroxylation is 2. The highest BCUT2D eigenvalue weighted by Crippen LogP contribution is 2.11. The van der Waals surface area contributed by atoms with E-state index in [0.29, 0.717) is 0 Å². The van der Waals surface area contributed by atoms with Crippen molar-refractivity contribution in [2.45, 2.75) is 13.8 Å². The summed E-state index contributed by atoms with van der Waals surface area (Å²) in [4.78, 5) is 0. The van der Waals surface area contributed by atoms with Crippen molar-refractivity contribution >= 4 is 12.2 Å². The van der Waals surface area contributed by atoms with Crippen LogP contribution in [0, 0.1) is 13.8 Å². The average Bonchev–Trinajstić information content (AvgIpc) is 2.38. The maximum absolute atomic E-state index is 2.14. The van der Waals surface area contributed by atoms with Crippen LogP contribution in [0.15, 0.2) is 60.7 Å². The lowest BCUT2D eigenvalue weighted by Gasteiger charge is -1.98. The van der Waals surface area contributed by atoms with Crippen molar-refractivity contribution in [1.29, 1.82) is 0 Å². The molecule has 0 spiro atoms. The first-order chi connectivity index (χ1) is 8.77. The van der Waals surface area contributed by atoms with Crippen molar-refractivity contribution in [1.82, 2.24) is 0 Å². The molecule has 0 amide bonds. The largest absolute Gasteiger partial charge is 0.0620 e. The predicted octanol–water partition coefficient (Wildman–Crippen LogP) is 5.03. The highest BCUT2D eigenvalue weighted by Gasteiger charge is 1.90. The summed E-state index contributed by atoms with van der Waals surface area (Å²) in [5.41, 5.74) is 5.15. The van der Waals surface area contributed by atoms with Crippen LogP contribution in [0.4, 0.5) is 0 Å². The third-order valence-corrected chi connectivity index (χ3v) is 3.04. The summed E-state index contributed by atoms with van der Waals surface area (Å²) >= 11 is 0. The lowest BCUT2D eigenvalue weighted by atomic mass is 10.1. The van der Waals surface area contributed by atoms with Crippen LogP contribution in [0.25, 0.3) is 12.2 Å². The minimum absolute atomic E-state index is 1.27. The number of allylic oxidation sites excluding steroid dienone is 2. The van der Waals surface area contributed by atoms with E-state index in [1.165, 1.54) is 22.3 Å². The minimum atomic E-state index is 1.27. The molecule has 0 saturated carbocycles. The molecule has 0 aliphatic heterocycles. The molecule has 0 aliphatic rings. The zero-order valence-corrected chi connectivity index (χ0v) is 10.9. The van der Waals surface area contributed by atoms with E-state index < -0.39 is 0 Å². The van der Waals surface area contributed by atoms with Gasteiger partial charge < -0.3 is 0 Å². The lowest BCUT2D eigenvalue weighted by molar-refractivity contribution is 1.44. The van der Waals surface area contributed by atoms with Crippen LogP contribution >= 0.6 is 0 Å². The van der Waals surface area contributed by atoms with E-state index in [-0.39, 0.29) is 0 Å². The Morgan fingerprint density at radius 1 is 0.611 bits per heavy atom. The Morgan fingerprint density at radius 2 is 1.00 bits per heavy atom. The molecule has 0 fully saturated rings. The van der Waals surface area contributed by atoms with Gasteiger partial charge in [0.1, 0.15) is 0 Å². The Hall–Kier alpha value is -2.08. The third kappa shape index (κ3) is 3.21. The molecule has 2 aromatic rings. The lowest BCUT2D eigenvalue weighted by Crippen LogP contribution is -1.78. The number of hydrogen-bond donors (Lipinski definition) is 0. The fourth-order valence-electron chi connectivity index (χ4n) is 1.87. The molecule has 0 heteroatoms. The van der Waals surface area contributed by atoms with Crippen molar-refractivity contribution in [2.75, 3.05) is 0 Å². The molecule has 2 rings (SSSR count). The standard InChI is InChI=1S/C18H18/c1-15-9-3-5-11-17(15)13-7-8-14-18-12-6-4-10-16(18)2/h3-14H,1-2H3. The summed E-state index contributed by atoms with van der Waals surface area (Å²) in [6.07, 6.45) is 8.47. The fourth-order valence-corrected chi connectivity index (χ4v) is 1.87. The maximum atomic E-state index is 2.14. The molecule has 18 heavy (non-hydrogen) atoms. The van der Waals surface area contributed by atoms with Gasteiger partial charge in [0.25, 0.3) is 0 Å². The van der Waals surface area contributed by atoms with Crippen molar-refractivity contribution in [3.8, 4) is 0 Å². The van der Waals surface area contributed by atoms with Gasteiger partial charge in [-0.05, 0) is 36.1 Å². The quantitative estimate of drug-likeness (QED) is 0.653.